The molecule has 0 aromatic carbocycles. The molecular weight excluding hydrogens is 264 g/mol. The highest BCUT2D eigenvalue weighted by molar-refractivity contribution is 7.11. The Bertz CT molecular complexity index is 367. The van der Waals surface area contributed by atoms with Gasteiger partial charge in [-0.05, 0) is 45.1 Å². The number of hydrogen-bond donors (Lipinski definition) is 1. The third-order valence-corrected chi connectivity index (χ3v) is 5.41. The lowest BCUT2D eigenvalue weighted by atomic mass is 9.77. The van der Waals surface area contributed by atoms with Crippen LogP contribution in [0.25, 0.3) is 0 Å². The van der Waals surface area contributed by atoms with Gasteiger partial charge in [0.05, 0.1) is 10.7 Å². The lowest BCUT2D eigenvalue weighted by Crippen LogP contribution is -2.36. The number of nitrogens with one attached hydrogen (secondary N) is 1. The van der Waals surface area contributed by atoms with Gasteiger partial charge in [-0.15, -0.1) is 11.3 Å². The largest absolute Gasteiger partial charge is 0.316 e. The summed E-state index contributed by atoms with van der Waals surface area (Å²) in [4.78, 5) is 6.15. The summed E-state index contributed by atoms with van der Waals surface area (Å²) in [7, 11) is 0. The third kappa shape index (κ3) is 5.17. The fraction of sp³-hybridized carbons (Fsp3) is 0.824. The smallest absolute Gasteiger partial charge is 0.0936 e. The Morgan fingerprint density at radius 1 is 1.15 bits per heavy atom. The standard InChI is InChI=1S/C17H32N2S/c1-6-9-10-17(8-3,13-18-11-7-2)12-16-19-14(4)15(5)20-16/h18H,6-13H2,1-5H3. The van der Waals surface area contributed by atoms with Crippen molar-refractivity contribution in [1.82, 2.24) is 10.3 Å². The van der Waals surface area contributed by atoms with Gasteiger partial charge in [0.25, 0.3) is 0 Å². The van der Waals surface area contributed by atoms with E-state index in [0.717, 1.165) is 19.5 Å². The van der Waals surface area contributed by atoms with Gasteiger partial charge in [0.1, 0.15) is 0 Å². The van der Waals surface area contributed by atoms with Crippen molar-refractivity contribution < 1.29 is 0 Å². The lowest BCUT2D eigenvalue weighted by Gasteiger charge is -2.32. The lowest BCUT2D eigenvalue weighted by molar-refractivity contribution is 0.229. The Morgan fingerprint density at radius 3 is 2.40 bits per heavy atom. The number of aromatic nitrogens is 1. The summed E-state index contributed by atoms with van der Waals surface area (Å²) >= 11 is 1.89. The average molecular weight is 297 g/mol. The average Bonchev–Trinajstić information content (AvgIpc) is 2.74. The molecule has 2 nitrogen and oxygen atoms in total. The number of nitrogens with zero attached hydrogens (tertiary/aromatic N) is 1. The highest BCUT2D eigenvalue weighted by Gasteiger charge is 2.29. The first-order chi connectivity index (χ1) is 9.56. The molecule has 1 heterocycles. The highest BCUT2D eigenvalue weighted by Crippen LogP contribution is 2.34. The van der Waals surface area contributed by atoms with Crippen LogP contribution in [0.1, 0.15) is 68.5 Å². The van der Waals surface area contributed by atoms with Gasteiger partial charge >= 0.3 is 0 Å². The molecule has 1 unspecified atom stereocenters. The van der Waals surface area contributed by atoms with Gasteiger partial charge < -0.3 is 5.32 Å². The Morgan fingerprint density at radius 2 is 1.90 bits per heavy atom. The molecule has 0 amide bonds. The quantitative estimate of drug-likeness (QED) is 0.622. The fourth-order valence-electron chi connectivity index (χ4n) is 2.68. The van der Waals surface area contributed by atoms with Crippen LogP contribution in [0.2, 0.25) is 0 Å². The minimum Gasteiger partial charge on any atom is -0.316 e. The summed E-state index contributed by atoms with van der Waals surface area (Å²) in [5.74, 6) is 0. The first-order valence-electron chi connectivity index (χ1n) is 8.20. The van der Waals surface area contributed by atoms with Crippen LogP contribution < -0.4 is 5.32 Å². The molecule has 0 aliphatic heterocycles. The van der Waals surface area contributed by atoms with Gasteiger partial charge in [0.2, 0.25) is 0 Å². The Kier molecular flexibility index (Phi) is 7.75. The van der Waals surface area contributed by atoms with Crippen molar-refractivity contribution >= 4 is 11.3 Å². The predicted octanol–water partition coefficient (Wildman–Crippen LogP) is 4.89. The van der Waals surface area contributed by atoms with Gasteiger partial charge in [-0.1, -0.05) is 33.6 Å². The van der Waals surface area contributed by atoms with Crippen molar-refractivity contribution in [3.05, 3.63) is 15.6 Å². The normalized spacial score (nSPS) is 14.4. The molecule has 0 fully saturated rings. The van der Waals surface area contributed by atoms with Crippen molar-refractivity contribution in [3.63, 3.8) is 0 Å². The van der Waals surface area contributed by atoms with Crippen LogP contribution in [0.15, 0.2) is 0 Å². The first kappa shape index (κ1) is 17.6. The molecule has 0 spiro atoms. The summed E-state index contributed by atoms with van der Waals surface area (Å²) in [6, 6.07) is 0. The highest BCUT2D eigenvalue weighted by atomic mass is 32.1. The van der Waals surface area contributed by atoms with Crippen LogP contribution in [-0.2, 0) is 6.42 Å². The van der Waals surface area contributed by atoms with E-state index in [2.05, 4.69) is 39.9 Å². The number of aryl methyl sites for hydroxylation is 2. The van der Waals surface area contributed by atoms with Crippen LogP contribution in [0.5, 0.6) is 0 Å². The van der Waals surface area contributed by atoms with Crippen molar-refractivity contribution in [3.8, 4) is 0 Å². The van der Waals surface area contributed by atoms with Gasteiger partial charge in [0, 0.05) is 17.8 Å². The van der Waals surface area contributed by atoms with Crippen molar-refractivity contribution in [2.45, 2.75) is 73.1 Å². The molecule has 1 rings (SSSR count). The minimum absolute atomic E-state index is 0.391. The van der Waals surface area contributed by atoms with Crippen LogP contribution in [0.3, 0.4) is 0 Å². The maximum absolute atomic E-state index is 4.77. The SMILES string of the molecule is CCCCC(CC)(CNCCC)Cc1nc(C)c(C)s1. The van der Waals surface area contributed by atoms with E-state index in [0.29, 0.717) is 5.41 Å². The van der Waals surface area contributed by atoms with Crippen molar-refractivity contribution in [2.75, 3.05) is 13.1 Å². The zero-order chi connectivity index (χ0) is 15.0. The molecule has 116 valence electrons. The summed E-state index contributed by atoms with van der Waals surface area (Å²) in [6.45, 7) is 13.4. The van der Waals surface area contributed by atoms with Gasteiger partial charge in [0.15, 0.2) is 0 Å². The van der Waals surface area contributed by atoms with Gasteiger partial charge in [-0.2, -0.15) is 0 Å². The molecule has 3 heteroatoms. The first-order valence-corrected chi connectivity index (χ1v) is 9.02. The molecule has 1 aromatic heterocycles. The second kappa shape index (κ2) is 8.78. The molecule has 0 aliphatic carbocycles. The van der Waals surface area contributed by atoms with E-state index in [9.17, 15) is 0 Å². The number of thiazole rings is 1. The molecule has 0 saturated heterocycles. The summed E-state index contributed by atoms with van der Waals surface area (Å²) < 4.78 is 0. The van der Waals surface area contributed by atoms with E-state index in [1.165, 1.54) is 47.7 Å². The predicted molar refractivity (Wildman–Crippen MR) is 90.7 cm³/mol. The second-order valence-corrected chi connectivity index (χ2v) is 7.35. The molecule has 1 atom stereocenters. The van der Waals surface area contributed by atoms with E-state index < -0.39 is 0 Å². The Hall–Kier alpha value is -0.410. The van der Waals surface area contributed by atoms with E-state index in [4.69, 9.17) is 4.98 Å². The minimum atomic E-state index is 0.391. The van der Waals surface area contributed by atoms with Crippen LogP contribution in [0.4, 0.5) is 0 Å². The van der Waals surface area contributed by atoms with Gasteiger partial charge in [-0.3, -0.25) is 0 Å². The number of rotatable bonds is 10. The Labute approximate surface area is 129 Å². The summed E-state index contributed by atoms with van der Waals surface area (Å²) in [5.41, 5.74) is 1.61. The topological polar surface area (TPSA) is 24.9 Å². The molecule has 20 heavy (non-hydrogen) atoms. The van der Waals surface area contributed by atoms with Crippen LogP contribution in [-0.4, -0.2) is 18.1 Å². The van der Waals surface area contributed by atoms with Crippen LogP contribution in [0, 0.1) is 19.3 Å². The number of hydrogen-bond acceptors (Lipinski definition) is 3. The monoisotopic (exact) mass is 296 g/mol. The van der Waals surface area contributed by atoms with Crippen molar-refractivity contribution in [2.24, 2.45) is 5.41 Å². The van der Waals surface area contributed by atoms with E-state index in [1.54, 1.807) is 0 Å². The van der Waals surface area contributed by atoms with Crippen molar-refractivity contribution in [1.29, 1.82) is 0 Å². The molecular formula is C17H32N2S. The second-order valence-electron chi connectivity index (χ2n) is 6.06. The molecule has 1 N–H and O–H groups in total. The molecule has 0 bridgehead atoms. The maximum Gasteiger partial charge on any atom is 0.0936 e. The zero-order valence-corrected chi connectivity index (χ0v) is 14.8. The summed E-state index contributed by atoms with van der Waals surface area (Å²) in [6.07, 6.45) is 7.51. The molecule has 0 saturated carbocycles. The van der Waals surface area contributed by atoms with Gasteiger partial charge in [-0.25, -0.2) is 4.98 Å². The van der Waals surface area contributed by atoms with E-state index in [1.807, 2.05) is 11.3 Å². The van der Waals surface area contributed by atoms with E-state index >= 15 is 0 Å². The van der Waals surface area contributed by atoms with Crippen LogP contribution >= 0.6 is 11.3 Å². The van der Waals surface area contributed by atoms with E-state index in [-0.39, 0.29) is 0 Å². The molecule has 1 aromatic rings. The zero-order valence-electron chi connectivity index (χ0n) is 14.0. The molecule has 0 aliphatic rings. The third-order valence-electron chi connectivity index (χ3n) is 4.34. The Balaban J connectivity index is 2.78. The summed E-state index contributed by atoms with van der Waals surface area (Å²) in [5, 5.41) is 4.98. The molecule has 0 radical (unpaired) electrons. The number of unbranched alkanes of at least 4 members (excludes halogenated alkanes) is 1. The fourth-order valence-corrected chi connectivity index (χ4v) is 3.79. The maximum atomic E-state index is 4.77.